The molecule has 0 bridgehead atoms. The number of hydrogen-bond donors (Lipinski definition) is 0. The maximum Gasteiger partial charge on any atom is 0.297 e. The number of nitrogens with zero attached hydrogens (tertiary/aromatic N) is 3. The highest BCUT2D eigenvalue weighted by Crippen LogP contribution is 2.56. The number of anilines is 9. The molecule has 6 heteroatoms. The van der Waals surface area contributed by atoms with Crippen molar-refractivity contribution in [3.63, 3.8) is 0 Å². The summed E-state index contributed by atoms with van der Waals surface area (Å²) in [5, 5.41) is 3.75. The molecule has 0 atom stereocenters. The van der Waals surface area contributed by atoms with Gasteiger partial charge in [-0.1, -0.05) is 155 Å². The Bertz CT molecular complexity index is 4110. The van der Waals surface area contributed by atoms with E-state index in [0.29, 0.717) is 0 Å². The van der Waals surface area contributed by atoms with Crippen LogP contribution in [0.25, 0.3) is 31.1 Å². The van der Waals surface area contributed by atoms with Crippen molar-refractivity contribution in [3.05, 3.63) is 191 Å². The Balaban J connectivity index is 1.18. The Hall–Kier alpha value is -7.02. The first-order valence-corrected chi connectivity index (χ1v) is 29.4. The van der Waals surface area contributed by atoms with Gasteiger partial charge in [0, 0.05) is 59.7 Å². The van der Waals surface area contributed by atoms with Crippen LogP contribution in [0.15, 0.2) is 156 Å². The standard InChI is InChI=1S/C72H72BN3OS/c1-43-21-14-17-24-55(43)74(56-25-18-15-22-44(56)2)47-39-59-65-60(40-47)76(58-26-20-28-63-64(58)48-23-16-19-27-62(48)78-63)57-32-29-45(68(3,4)5)37-54(57)73(65)67-66(49-41-52-53(42-61(49)77-67)72(12,13)36-35-71(52,10)11)75(59)46-30-31-50-51(38-46)70(8,9)34-33-69(50,6)7/h14-32,37-42H,33-36H2,1-13H3. The molecule has 0 saturated carbocycles. The summed E-state index contributed by atoms with van der Waals surface area (Å²) >= 11 is 1.89. The molecule has 78 heavy (non-hydrogen) atoms. The highest BCUT2D eigenvalue weighted by atomic mass is 32.1. The first-order valence-electron chi connectivity index (χ1n) is 28.6. The van der Waals surface area contributed by atoms with Crippen molar-refractivity contribution in [1.29, 1.82) is 0 Å². The van der Waals surface area contributed by atoms with Crippen LogP contribution in [0.4, 0.5) is 51.2 Å². The van der Waals surface area contributed by atoms with Crippen LogP contribution < -0.4 is 31.3 Å². The van der Waals surface area contributed by atoms with Crippen LogP contribution >= 0.6 is 11.3 Å². The lowest BCUT2D eigenvalue weighted by molar-refractivity contribution is 0.332. The average Bonchev–Trinajstić information content (AvgIpc) is 3.56. The lowest BCUT2D eigenvalue weighted by Gasteiger charge is -2.45. The maximum atomic E-state index is 7.82. The van der Waals surface area contributed by atoms with Gasteiger partial charge in [-0.15, -0.1) is 11.3 Å². The minimum Gasteiger partial charge on any atom is -0.468 e. The smallest absolute Gasteiger partial charge is 0.297 e. The summed E-state index contributed by atoms with van der Waals surface area (Å²) < 4.78 is 10.4. The number of thiophene rings is 1. The molecule has 2 aliphatic carbocycles. The maximum absolute atomic E-state index is 7.82. The predicted octanol–water partition coefficient (Wildman–Crippen LogP) is 19.0. The van der Waals surface area contributed by atoms with Crippen LogP contribution in [0.2, 0.25) is 0 Å². The van der Waals surface area contributed by atoms with Crippen LogP contribution in [-0.2, 0) is 27.1 Å². The number of rotatable bonds is 5. The molecule has 2 aromatic heterocycles. The molecule has 0 unspecified atom stereocenters. The fourth-order valence-corrected chi connectivity index (χ4v) is 15.5. The van der Waals surface area contributed by atoms with Crippen LogP contribution in [0, 0.1) is 13.8 Å². The topological polar surface area (TPSA) is 22.9 Å². The quantitative estimate of drug-likeness (QED) is 0.160. The normalized spacial score (nSPS) is 17.4. The van der Waals surface area contributed by atoms with Gasteiger partial charge in [0.05, 0.1) is 22.7 Å². The van der Waals surface area contributed by atoms with Crippen molar-refractivity contribution >= 4 is 117 Å². The second kappa shape index (κ2) is 16.8. The Morgan fingerprint density at radius 3 is 1.74 bits per heavy atom. The monoisotopic (exact) mass is 1040 g/mol. The SMILES string of the molecule is Cc1ccccc1N(c1cc2c3c(c1)N(c1cccc4sc5ccccc5c14)c1ccc(C(C)(C)C)cc1B3c1oc3cc4c(cc3c1N2c1ccc2c(c1)C(C)(C)CCC2(C)C)C(C)(C)CCC4(C)C)c1ccccc1C. The van der Waals surface area contributed by atoms with Gasteiger partial charge in [0.25, 0.3) is 6.71 Å². The molecule has 4 nitrogen and oxygen atoms in total. The molecule has 0 spiro atoms. The molecule has 14 rings (SSSR count). The van der Waals surface area contributed by atoms with Gasteiger partial charge >= 0.3 is 0 Å². The molecule has 4 aliphatic rings. The van der Waals surface area contributed by atoms with Crippen LogP contribution in [0.3, 0.4) is 0 Å². The number of hydrogen-bond acceptors (Lipinski definition) is 5. The summed E-state index contributed by atoms with van der Waals surface area (Å²) in [6.45, 7) is 31.0. The Morgan fingerprint density at radius 2 is 1.09 bits per heavy atom. The average molecular weight is 1040 g/mol. The van der Waals surface area contributed by atoms with Gasteiger partial charge in [0.1, 0.15) is 5.58 Å². The zero-order valence-electron chi connectivity index (χ0n) is 48.0. The van der Waals surface area contributed by atoms with Gasteiger partial charge in [-0.2, -0.15) is 0 Å². The number of benzene rings is 8. The Labute approximate surface area is 466 Å². The summed E-state index contributed by atoms with van der Waals surface area (Å²) in [7, 11) is 0. The summed E-state index contributed by atoms with van der Waals surface area (Å²) in [5.74, 6) is 0. The minimum absolute atomic E-state index is 0.00362. The van der Waals surface area contributed by atoms with Gasteiger partial charge in [0.15, 0.2) is 0 Å². The van der Waals surface area contributed by atoms with Gasteiger partial charge in [-0.3, -0.25) is 0 Å². The van der Waals surface area contributed by atoms with Crippen molar-refractivity contribution < 1.29 is 4.42 Å². The molecular weight excluding hydrogens is 966 g/mol. The molecule has 0 fully saturated rings. The number of aryl methyl sites for hydroxylation is 2. The molecule has 4 heterocycles. The molecule has 0 saturated heterocycles. The van der Waals surface area contributed by atoms with E-state index < -0.39 is 0 Å². The van der Waals surface area contributed by atoms with Crippen LogP contribution in [0.1, 0.15) is 141 Å². The first-order chi connectivity index (χ1) is 37.1. The summed E-state index contributed by atoms with van der Waals surface area (Å²) in [5.41, 5.74) is 24.4. The van der Waals surface area contributed by atoms with Crippen LogP contribution in [0.5, 0.6) is 0 Å². The van der Waals surface area contributed by atoms with E-state index in [0.717, 1.165) is 65.4 Å². The molecule has 2 aliphatic heterocycles. The molecular formula is C72H72BN3OS. The van der Waals surface area contributed by atoms with E-state index in [1.54, 1.807) is 0 Å². The van der Waals surface area contributed by atoms with Gasteiger partial charge in [-0.25, -0.2) is 0 Å². The summed E-state index contributed by atoms with van der Waals surface area (Å²) in [4.78, 5) is 7.84. The Kier molecular flexibility index (Phi) is 10.6. The van der Waals surface area contributed by atoms with E-state index in [2.05, 4.69) is 256 Å². The van der Waals surface area contributed by atoms with Crippen molar-refractivity contribution in [3.8, 4) is 0 Å². The summed E-state index contributed by atoms with van der Waals surface area (Å²) in [6.07, 6.45) is 4.56. The lowest BCUT2D eigenvalue weighted by Crippen LogP contribution is -2.61. The molecule has 390 valence electrons. The van der Waals surface area contributed by atoms with Crippen LogP contribution in [-0.4, -0.2) is 6.71 Å². The summed E-state index contributed by atoms with van der Waals surface area (Å²) in [6, 6.07) is 58.7. The number of fused-ring (bicyclic) bond motifs is 11. The van der Waals surface area contributed by atoms with Crippen molar-refractivity contribution in [2.45, 2.75) is 143 Å². The van der Waals surface area contributed by atoms with Crippen molar-refractivity contribution in [2.24, 2.45) is 0 Å². The van der Waals surface area contributed by atoms with Gasteiger partial charge in [-0.05, 0) is 189 Å². The minimum atomic E-state index is -0.217. The van der Waals surface area contributed by atoms with E-state index in [1.165, 1.54) is 98.2 Å². The van der Waals surface area contributed by atoms with Gasteiger partial charge in [0.2, 0.25) is 0 Å². The number of furan rings is 1. The Morgan fingerprint density at radius 1 is 0.513 bits per heavy atom. The predicted molar refractivity (Wildman–Crippen MR) is 337 cm³/mol. The molecule has 0 radical (unpaired) electrons. The van der Waals surface area contributed by atoms with E-state index in [1.807, 2.05) is 11.3 Å². The second-order valence-electron chi connectivity index (χ2n) is 27.2. The molecule has 0 amide bonds. The highest BCUT2D eigenvalue weighted by molar-refractivity contribution is 7.26. The largest absolute Gasteiger partial charge is 0.468 e. The third-order valence-corrected chi connectivity index (χ3v) is 20.3. The van der Waals surface area contributed by atoms with E-state index in [4.69, 9.17) is 4.42 Å². The van der Waals surface area contributed by atoms with E-state index >= 15 is 0 Å². The molecule has 10 aromatic rings. The fourth-order valence-electron chi connectivity index (χ4n) is 14.3. The lowest BCUT2D eigenvalue weighted by atomic mass is 9.35. The van der Waals surface area contributed by atoms with Crippen molar-refractivity contribution in [1.82, 2.24) is 0 Å². The zero-order valence-corrected chi connectivity index (χ0v) is 48.8. The second-order valence-corrected chi connectivity index (χ2v) is 28.2. The third-order valence-electron chi connectivity index (χ3n) is 19.2. The first kappa shape index (κ1) is 49.3. The third kappa shape index (κ3) is 7.23. The fraction of sp³-hybridized carbons (Fsp3) is 0.306. The molecule has 0 N–H and O–H groups in total. The van der Waals surface area contributed by atoms with Gasteiger partial charge < -0.3 is 19.1 Å². The van der Waals surface area contributed by atoms with E-state index in [9.17, 15) is 0 Å². The zero-order chi connectivity index (χ0) is 54.2. The highest BCUT2D eigenvalue weighted by Gasteiger charge is 2.49. The number of para-hydroxylation sites is 2. The van der Waals surface area contributed by atoms with E-state index in [-0.39, 0.29) is 33.8 Å². The van der Waals surface area contributed by atoms with Crippen molar-refractivity contribution in [2.75, 3.05) is 14.7 Å². The molecule has 8 aromatic carbocycles.